The molecule has 2 aromatic rings. The molecule has 1 aliphatic rings. The standard InChI is InChI=1S/C52H81N9O10S/c1-31(2)38(60(14)46(66)40(49(6,7)8)57-45(65)41(61(15)48(68)71-50(9,10)11)51(12,13)34-20-17-16-18-21-34)30-33(5)42(62)59-72(69,70)36-25-23-35(24-26-36)52(27-28-52)58-43(63)37(22-19-29-55-47(54)67)56-44(64)39(53)32(3)4/h16-18,20-21,23-26,30-32,37-41H,19,22,27-29,53H2,1-15H3,(H,56,64)(H,57,65)(H,58,63)(H,59,62)(H3,54,55,67). The van der Waals surface area contributed by atoms with Crippen LogP contribution in [0.5, 0.6) is 0 Å². The maximum Gasteiger partial charge on any atom is 0.410 e. The summed E-state index contributed by atoms with van der Waals surface area (Å²) in [5, 5.41) is 11.2. The van der Waals surface area contributed by atoms with Crippen LogP contribution in [0, 0.1) is 17.3 Å². The molecule has 1 saturated carbocycles. The third kappa shape index (κ3) is 16.2. The molecule has 0 saturated heterocycles. The summed E-state index contributed by atoms with van der Waals surface area (Å²) in [4.78, 5) is 96.6. The SMILES string of the molecule is CC(=CC(C(C)C)N(C)C(=O)C(NC(=O)C(N(C)C(=O)OC(C)(C)C)C(C)(C)c1ccccc1)C(C)(C)C)C(=O)NS(=O)(=O)c1ccc(C2(NC(=O)C(CCCNC(N)=O)NC(=O)C(N)C(C)C)CC2)cc1. The molecular weight excluding hydrogens is 943 g/mol. The lowest BCUT2D eigenvalue weighted by Crippen LogP contribution is -2.63. The fourth-order valence-electron chi connectivity index (χ4n) is 8.26. The molecule has 400 valence electrons. The number of hydrogen-bond donors (Lipinski definition) is 7. The number of nitrogens with one attached hydrogen (secondary N) is 5. The van der Waals surface area contributed by atoms with Crippen molar-refractivity contribution in [3.63, 3.8) is 0 Å². The van der Waals surface area contributed by atoms with Gasteiger partial charge in [-0.3, -0.25) is 28.9 Å². The zero-order valence-electron chi connectivity index (χ0n) is 44.9. The first-order chi connectivity index (χ1) is 33.1. The van der Waals surface area contributed by atoms with E-state index in [1.807, 2.05) is 58.0 Å². The van der Waals surface area contributed by atoms with Crippen LogP contribution in [-0.2, 0) is 49.7 Å². The lowest BCUT2D eigenvalue weighted by atomic mass is 9.76. The Bertz CT molecular complexity index is 2410. The van der Waals surface area contributed by atoms with Gasteiger partial charge in [-0.1, -0.05) is 111 Å². The molecule has 0 aromatic heterocycles. The number of carbonyl (C=O) groups is 7. The monoisotopic (exact) mass is 1020 g/mol. The molecule has 20 heteroatoms. The fourth-order valence-corrected chi connectivity index (χ4v) is 9.28. The van der Waals surface area contributed by atoms with Crippen molar-refractivity contribution >= 4 is 51.7 Å². The molecule has 0 bridgehead atoms. The molecule has 19 nitrogen and oxygen atoms in total. The lowest BCUT2D eigenvalue weighted by Gasteiger charge is -2.42. The third-order valence-corrected chi connectivity index (χ3v) is 14.2. The van der Waals surface area contributed by atoms with E-state index in [0.29, 0.717) is 24.8 Å². The average Bonchev–Trinajstić information content (AvgIpc) is 4.06. The van der Waals surface area contributed by atoms with Crippen molar-refractivity contribution in [3.05, 3.63) is 77.4 Å². The van der Waals surface area contributed by atoms with Crippen molar-refractivity contribution in [2.24, 2.45) is 28.7 Å². The molecular formula is C52H81N9O10S. The maximum atomic E-state index is 14.6. The van der Waals surface area contributed by atoms with Gasteiger partial charge in [-0.25, -0.2) is 22.7 Å². The van der Waals surface area contributed by atoms with E-state index in [9.17, 15) is 42.0 Å². The number of primary amides is 1. The first kappa shape index (κ1) is 60.3. The summed E-state index contributed by atoms with van der Waals surface area (Å²) in [6.07, 6.45) is 2.37. The first-order valence-electron chi connectivity index (χ1n) is 24.4. The van der Waals surface area contributed by atoms with Crippen LogP contribution in [0.15, 0.2) is 71.1 Å². The maximum absolute atomic E-state index is 14.6. The van der Waals surface area contributed by atoms with E-state index in [-0.39, 0.29) is 35.3 Å². The van der Waals surface area contributed by atoms with Gasteiger partial charge in [-0.05, 0) is 93.9 Å². The van der Waals surface area contributed by atoms with Gasteiger partial charge in [0.2, 0.25) is 23.6 Å². The molecule has 0 heterocycles. The molecule has 0 aliphatic heterocycles. The van der Waals surface area contributed by atoms with Gasteiger partial charge in [0.25, 0.3) is 15.9 Å². The number of hydrogen-bond acceptors (Lipinski definition) is 11. The topological polar surface area (TPSA) is 282 Å². The molecule has 5 atom stereocenters. The summed E-state index contributed by atoms with van der Waals surface area (Å²) in [6.45, 7) is 23.1. The van der Waals surface area contributed by atoms with Gasteiger partial charge in [-0.15, -0.1) is 0 Å². The minimum atomic E-state index is -4.42. The van der Waals surface area contributed by atoms with Gasteiger partial charge in [-0.2, -0.15) is 0 Å². The van der Waals surface area contributed by atoms with Gasteiger partial charge in [0.15, 0.2) is 0 Å². The van der Waals surface area contributed by atoms with E-state index in [1.165, 1.54) is 42.0 Å². The smallest absolute Gasteiger partial charge is 0.410 e. The summed E-state index contributed by atoms with van der Waals surface area (Å²) < 4.78 is 35.1. The average molecular weight is 1020 g/mol. The molecule has 8 amide bonds. The van der Waals surface area contributed by atoms with Crippen LogP contribution in [0.4, 0.5) is 9.59 Å². The largest absolute Gasteiger partial charge is 0.444 e. The highest BCUT2D eigenvalue weighted by molar-refractivity contribution is 7.90. The molecule has 5 unspecified atom stereocenters. The summed E-state index contributed by atoms with van der Waals surface area (Å²) in [6, 6.07) is 9.44. The summed E-state index contributed by atoms with van der Waals surface area (Å²) in [7, 11) is -1.39. The number of nitrogens with zero attached hydrogens (tertiary/aromatic N) is 2. The quantitative estimate of drug-likeness (QED) is 0.0628. The van der Waals surface area contributed by atoms with E-state index in [2.05, 4.69) is 26.0 Å². The number of benzene rings is 2. The van der Waals surface area contributed by atoms with E-state index < -0.39 is 104 Å². The lowest BCUT2D eigenvalue weighted by molar-refractivity contribution is -0.141. The minimum Gasteiger partial charge on any atom is -0.444 e. The normalized spacial score (nSPS) is 16.0. The number of likely N-dealkylation sites (N-methyl/N-ethyl adjacent to an activating group) is 2. The number of carbonyl (C=O) groups excluding carboxylic acids is 7. The number of sulfonamides is 1. The highest BCUT2D eigenvalue weighted by atomic mass is 32.2. The Hall–Kier alpha value is -6.02. The highest BCUT2D eigenvalue weighted by Crippen LogP contribution is 2.46. The Kier molecular flexibility index (Phi) is 20.2. The van der Waals surface area contributed by atoms with Crippen molar-refractivity contribution in [1.82, 2.24) is 35.8 Å². The highest BCUT2D eigenvalue weighted by Gasteiger charge is 2.48. The van der Waals surface area contributed by atoms with Crippen molar-refractivity contribution in [2.45, 2.75) is 167 Å². The number of rotatable bonds is 22. The second-order valence-corrected chi connectivity index (χ2v) is 23.9. The zero-order chi connectivity index (χ0) is 54.9. The van der Waals surface area contributed by atoms with Crippen LogP contribution >= 0.6 is 0 Å². The minimum absolute atomic E-state index is 0.00889. The van der Waals surface area contributed by atoms with Gasteiger partial charge in [0.05, 0.1) is 22.5 Å². The third-order valence-electron chi connectivity index (χ3n) is 12.9. The van der Waals surface area contributed by atoms with Crippen molar-refractivity contribution in [2.75, 3.05) is 20.6 Å². The molecule has 72 heavy (non-hydrogen) atoms. The number of urea groups is 1. The van der Waals surface area contributed by atoms with Crippen LogP contribution in [0.3, 0.4) is 0 Å². The van der Waals surface area contributed by atoms with Crippen molar-refractivity contribution < 1.29 is 46.7 Å². The van der Waals surface area contributed by atoms with E-state index >= 15 is 0 Å². The van der Waals surface area contributed by atoms with E-state index in [0.717, 1.165) is 5.56 Å². The number of amides is 8. The van der Waals surface area contributed by atoms with Crippen molar-refractivity contribution in [3.8, 4) is 0 Å². The molecule has 1 aliphatic carbocycles. The second-order valence-electron chi connectivity index (χ2n) is 22.2. The zero-order valence-corrected chi connectivity index (χ0v) is 45.7. The Morgan fingerprint density at radius 1 is 0.792 bits per heavy atom. The van der Waals surface area contributed by atoms with Gasteiger partial charge >= 0.3 is 12.1 Å². The van der Waals surface area contributed by atoms with Crippen LogP contribution in [0.2, 0.25) is 0 Å². The molecule has 9 N–H and O–H groups in total. The van der Waals surface area contributed by atoms with Crippen LogP contribution in [0.1, 0.15) is 127 Å². The summed E-state index contributed by atoms with van der Waals surface area (Å²) >= 11 is 0. The molecule has 1 fully saturated rings. The summed E-state index contributed by atoms with van der Waals surface area (Å²) in [5.74, 6) is -3.47. The van der Waals surface area contributed by atoms with Crippen LogP contribution < -0.4 is 37.5 Å². The molecule has 2 aromatic carbocycles. The first-order valence-corrected chi connectivity index (χ1v) is 25.9. The van der Waals surface area contributed by atoms with Gasteiger partial charge in [0.1, 0.15) is 23.7 Å². The Morgan fingerprint density at radius 2 is 1.36 bits per heavy atom. The van der Waals surface area contributed by atoms with Gasteiger partial charge in [0, 0.05) is 31.6 Å². The Labute approximate surface area is 426 Å². The van der Waals surface area contributed by atoms with E-state index in [4.69, 9.17) is 16.2 Å². The summed E-state index contributed by atoms with van der Waals surface area (Å²) in [5.41, 5.74) is 9.10. The van der Waals surface area contributed by atoms with Crippen LogP contribution in [-0.4, -0.2) is 116 Å². The number of ether oxygens (including phenoxy) is 1. The van der Waals surface area contributed by atoms with Gasteiger partial charge < -0.3 is 42.4 Å². The van der Waals surface area contributed by atoms with E-state index in [1.54, 1.807) is 74.6 Å². The number of nitrogens with two attached hydrogens (primary N) is 2. The molecule has 3 rings (SSSR count). The molecule has 0 spiro atoms. The fraction of sp³-hybridized carbons (Fsp3) is 0.596. The van der Waals surface area contributed by atoms with Crippen molar-refractivity contribution in [1.29, 1.82) is 0 Å². The van der Waals surface area contributed by atoms with Crippen LogP contribution in [0.25, 0.3) is 0 Å². The Morgan fingerprint density at radius 3 is 1.85 bits per heavy atom. The predicted molar refractivity (Wildman–Crippen MR) is 276 cm³/mol. The Balaban J connectivity index is 1.84. The second kappa shape index (κ2) is 24.1. The molecule has 0 radical (unpaired) electrons. The predicted octanol–water partition coefficient (Wildman–Crippen LogP) is 4.69.